The number of carbonyl (C=O) groups excluding carboxylic acids is 1. The Morgan fingerprint density at radius 3 is 2.70 bits per heavy atom. The maximum atomic E-state index is 12.3. The van der Waals surface area contributed by atoms with Crippen molar-refractivity contribution in [2.24, 2.45) is 0 Å². The monoisotopic (exact) mass is 335 g/mol. The fraction of sp³-hybridized carbons (Fsp3) is 0.389. The number of likely N-dealkylation sites (N-methyl/N-ethyl adjacent to an activating group) is 1. The van der Waals surface area contributed by atoms with Crippen molar-refractivity contribution in [2.75, 3.05) is 20.2 Å². The Morgan fingerprint density at radius 1 is 1.30 bits per heavy atom. The topological polar surface area (TPSA) is 42.7 Å². The molecular weight excluding hydrogens is 314 g/mol. The van der Waals surface area contributed by atoms with Crippen molar-refractivity contribution in [1.29, 1.82) is 0 Å². The fourth-order valence-corrected chi connectivity index (χ4v) is 2.26. The minimum absolute atomic E-state index is 0.182. The summed E-state index contributed by atoms with van der Waals surface area (Å²) in [6.45, 7) is 6.77. The summed E-state index contributed by atoms with van der Waals surface area (Å²) in [7, 11) is 1.72. The number of hydrogen-bond acceptors (Lipinski definition) is 3. The summed E-state index contributed by atoms with van der Waals surface area (Å²) in [4.78, 5) is 13.9. The van der Waals surface area contributed by atoms with E-state index in [4.69, 9.17) is 20.8 Å². The third-order valence-electron chi connectivity index (χ3n) is 3.82. The molecule has 0 aliphatic heterocycles. The van der Waals surface area contributed by atoms with Gasteiger partial charge in [0.25, 0.3) is 5.91 Å². The highest BCUT2D eigenvalue weighted by Gasteiger charge is 2.17. The van der Waals surface area contributed by atoms with Crippen LogP contribution in [0.4, 0.5) is 0 Å². The molecular formula is C18H22ClNO3. The number of amides is 1. The van der Waals surface area contributed by atoms with Gasteiger partial charge in [0.05, 0.1) is 11.9 Å². The lowest BCUT2D eigenvalue weighted by Gasteiger charge is -2.17. The third kappa shape index (κ3) is 4.29. The van der Waals surface area contributed by atoms with Gasteiger partial charge in [-0.3, -0.25) is 4.79 Å². The van der Waals surface area contributed by atoms with Crippen LogP contribution in [0.2, 0.25) is 0 Å². The van der Waals surface area contributed by atoms with Gasteiger partial charge in [0.1, 0.15) is 18.1 Å². The lowest BCUT2D eigenvalue weighted by atomic mass is 10.1. The van der Waals surface area contributed by atoms with E-state index in [-0.39, 0.29) is 11.3 Å². The summed E-state index contributed by atoms with van der Waals surface area (Å²) in [5, 5.41) is -0.255. The van der Waals surface area contributed by atoms with E-state index in [1.165, 1.54) is 5.56 Å². The number of benzene rings is 1. The second-order valence-corrected chi connectivity index (χ2v) is 6.25. The molecule has 0 aliphatic rings. The molecule has 0 N–H and O–H groups in total. The number of rotatable bonds is 6. The second-order valence-electron chi connectivity index (χ2n) is 5.59. The molecule has 0 aliphatic carbocycles. The molecule has 0 saturated heterocycles. The summed E-state index contributed by atoms with van der Waals surface area (Å²) in [5.41, 5.74) is 2.30. The van der Waals surface area contributed by atoms with Crippen LogP contribution in [0.25, 0.3) is 0 Å². The van der Waals surface area contributed by atoms with Crippen LogP contribution < -0.4 is 4.74 Å². The Bertz CT molecular complexity index is 679. The number of alkyl halides is 1. The number of hydrogen-bond donors (Lipinski definition) is 0. The first kappa shape index (κ1) is 17.4. The molecule has 124 valence electrons. The van der Waals surface area contributed by atoms with Gasteiger partial charge in [-0.05, 0) is 50.1 Å². The zero-order valence-electron chi connectivity index (χ0n) is 13.9. The number of furan rings is 1. The van der Waals surface area contributed by atoms with E-state index >= 15 is 0 Å². The van der Waals surface area contributed by atoms with E-state index < -0.39 is 0 Å². The molecule has 1 atom stereocenters. The summed E-state index contributed by atoms with van der Waals surface area (Å²) in [5.74, 6) is 1.55. The van der Waals surface area contributed by atoms with Crippen molar-refractivity contribution in [2.45, 2.75) is 26.1 Å². The highest BCUT2D eigenvalue weighted by Crippen LogP contribution is 2.22. The van der Waals surface area contributed by atoms with Gasteiger partial charge in [-0.1, -0.05) is 12.1 Å². The Hall–Kier alpha value is -1.94. The van der Waals surface area contributed by atoms with E-state index in [1.807, 2.05) is 32.0 Å². The van der Waals surface area contributed by atoms with Crippen LogP contribution in [-0.2, 0) is 0 Å². The smallest absolute Gasteiger partial charge is 0.289 e. The number of nitrogens with zero attached hydrogens (tertiary/aromatic N) is 1. The Morgan fingerprint density at radius 2 is 2.04 bits per heavy atom. The van der Waals surface area contributed by atoms with Gasteiger partial charge >= 0.3 is 0 Å². The molecule has 0 spiro atoms. The Balaban J connectivity index is 1.90. The van der Waals surface area contributed by atoms with E-state index in [1.54, 1.807) is 31.0 Å². The van der Waals surface area contributed by atoms with Crippen molar-refractivity contribution in [3.05, 3.63) is 53.0 Å². The SMILES string of the molecule is Cc1cccc(OCCN(C)C(=O)c2ccc(C(C)Cl)o2)c1C. The summed E-state index contributed by atoms with van der Waals surface area (Å²) in [6, 6.07) is 9.32. The van der Waals surface area contributed by atoms with Gasteiger partial charge in [-0.25, -0.2) is 0 Å². The molecule has 23 heavy (non-hydrogen) atoms. The molecule has 1 heterocycles. The predicted octanol–water partition coefficient (Wildman–Crippen LogP) is 4.35. The second kappa shape index (κ2) is 7.55. The molecule has 0 saturated carbocycles. The minimum Gasteiger partial charge on any atom is -0.491 e. The molecule has 1 aromatic carbocycles. The molecule has 1 aromatic heterocycles. The molecule has 5 heteroatoms. The Kier molecular flexibility index (Phi) is 5.72. The zero-order chi connectivity index (χ0) is 17.0. The van der Waals surface area contributed by atoms with Crippen LogP contribution >= 0.6 is 11.6 Å². The first-order valence-electron chi connectivity index (χ1n) is 7.58. The van der Waals surface area contributed by atoms with Crippen molar-refractivity contribution < 1.29 is 13.9 Å². The van der Waals surface area contributed by atoms with Crippen molar-refractivity contribution >= 4 is 17.5 Å². The van der Waals surface area contributed by atoms with E-state index in [0.29, 0.717) is 24.7 Å². The predicted molar refractivity (Wildman–Crippen MR) is 91.3 cm³/mol. The number of ether oxygens (including phenoxy) is 1. The molecule has 2 aromatic rings. The standard InChI is InChI=1S/C18H22ClNO3/c1-12-6-5-7-15(13(12)2)22-11-10-20(4)18(21)17-9-8-16(23-17)14(3)19/h5-9,14H,10-11H2,1-4H3. The maximum absolute atomic E-state index is 12.3. The van der Waals surface area contributed by atoms with E-state index in [0.717, 1.165) is 11.3 Å². The highest BCUT2D eigenvalue weighted by molar-refractivity contribution is 6.20. The van der Waals surface area contributed by atoms with E-state index in [9.17, 15) is 4.79 Å². The minimum atomic E-state index is -0.255. The molecule has 1 unspecified atom stereocenters. The lowest BCUT2D eigenvalue weighted by Crippen LogP contribution is -2.30. The number of aryl methyl sites for hydroxylation is 1. The molecule has 1 amide bonds. The van der Waals surface area contributed by atoms with Crippen LogP contribution in [0.15, 0.2) is 34.7 Å². The van der Waals surface area contributed by atoms with Gasteiger partial charge in [0, 0.05) is 7.05 Å². The van der Waals surface area contributed by atoms with Crippen molar-refractivity contribution in [3.63, 3.8) is 0 Å². The normalized spacial score (nSPS) is 12.0. The number of carbonyl (C=O) groups is 1. The summed E-state index contributed by atoms with van der Waals surface area (Å²) in [6.07, 6.45) is 0. The first-order chi connectivity index (χ1) is 10.9. The van der Waals surface area contributed by atoms with E-state index in [2.05, 4.69) is 0 Å². The molecule has 4 nitrogen and oxygen atoms in total. The van der Waals surface area contributed by atoms with Crippen molar-refractivity contribution in [1.82, 2.24) is 4.90 Å². The first-order valence-corrected chi connectivity index (χ1v) is 8.02. The molecule has 0 bridgehead atoms. The number of halogens is 1. The van der Waals surface area contributed by atoms with Gasteiger partial charge in [0.2, 0.25) is 0 Å². The zero-order valence-corrected chi connectivity index (χ0v) is 14.7. The molecule has 0 radical (unpaired) electrons. The highest BCUT2D eigenvalue weighted by atomic mass is 35.5. The van der Waals surface area contributed by atoms with Gasteiger partial charge in [-0.2, -0.15) is 0 Å². The van der Waals surface area contributed by atoms with Crippen LogP contribution in [0.1, 0.15) is 39.7 Å². The van der Waals surface area contributed by atoms with Gasteiger partial charge in [-0.15, -0.1) is 11.6 Å². The van der Waals surface area contributed by atoms with Crippen LogP contribution in [0.5, 0.6) is 5.75 Å². The Labute approximate surface area is 142 Å². The van der Waals surface area contributed by atoms with Crippen LogP contribution in [0.3, 0.4) is 0 Å². The van der Waals surface area contributed by atoms with Gasteiger partial charge in [0.15, 0.2) is 5.76 Å². The largest absolute Gasteiger partial charge is 0.491 e. The average molecular weight is 336 g/mol. The third-order valence-corrected chi connectivity index (χ3v) is 4.03. The quantitative estimate of drug-likeness (QED) is 0.737. The van der Waals surface area contributed by atoms with Gasteiger partial charge < -0.3 is 14.1 Å². The maximum Gasteiger partial charge on any atom is 0.289 e. The fourth-order valence-electron chi connectivity index (χ4n) is 2.14. The summed E-state index contributed by atoms with van der Waals surface area (Å²) >= 11 is 5.94. The molecule has 0 fully saturated rings. The summed E-state index contributed by atoms with van der Waals surface area (Å²) < 4.78 is 11.2. The average Bonchev–Trinajstić information content (AvgIpc) is 3.00. The van der Waals surface area contributed by atoms with Crippen LogP contribution in [-0.4, -0.2) is 31.0 Å². The van der Waals surface area contributed by atoms with Crippen molar-refractivity contribution in [3.8, 4) is 5.75 Å². The van der Waals surface area contributed by atoms with Crippen LogP contribution in [0, 0.1) is 13.8 Å². The lowest BCUT2D eigenvalue weighted by molar-refractivity contribution is 0.0740. The molecule has 2 rings (SSSR count).